The van der Waals surface area contributed by atoms with Gasteiger partial charge in [-0.15, -0.1) is 0 Å². The molecule has 74 valence electrons. The maximum atomic E-state index is 10.4. The molecule has 0 aliphatic heterocycles. The number of carboxylic acids is 1. The molecule has 1 aromatic carbocycles. The van der Waals surface area contributed by atoms with Gasteiger partial charge < -0.3 is 10.2 Å². The van der Waals surface area contributed by atoms with Gasteiger partial charge in [-0.05, 0) is 18.1 Å². The van der Waals surface area contributed by atoms with Crippen LogP contribution in [0.5, 0.6) is 0 Å². The summed E-state index contributed by atoms with van der Waals surface area (Å²) in [4.78, 5) is 10.4. The molecule has 0 bridgehead atoms. The maximum absolute atomic E-state index is 10.4. The first-order valence-corrected chi connectivity index (χ1v) is 4.25. The van der Waals surface area contributed by atoms with E-state index in [-0.39, 0.29) is 0 Å². The lowest BCUT2D eigenvalue weighted by Crippen LogP contribution is -2.20. The topological polar surface area (TPSA) is 57.5 Å². The summed E-state index contributed by atoms with van der Waals surface area (Å²) in [7, 11) is 0. The predicted octanol–water partition coefficient (Wildman–Crippen LogP) is 1.54. The van der Waals surface area contributed by atoms with E-state index in [0.717, 1.165) is 5.56 Å². The highest BCUT2D eigenvalue weighted by atomic mass is 16.4. The third-order valence-electron chi connectivity index (χ3n) is 1.86. The van der Waals surface area contributed by atoms with E-state index in [9.17, 15) is 9.90 Å². The molecule has 0 saturated carbocycles. The molecule has 0 aromatic heterocycles. The van der Waals surface area contributed by atoms with Gasteiger partial charge in [-0.1, -0.05) is 36.4 Å². The molecule has 0 amide bonds. The van der Waals surface area contributed by atoms with Crippen LogP contribution in [0.1, 0.15) is 12.5 Å². The zero-order chi connectivity index (χ0) is 10.6. The summed E-state index contributed by atoms with van der Waals surface area (Å²) in [6, 6.07) is 9.27. The van der Waals surface area contributed by atoms with Gasteiger partial charge in [0.15, 0.2) is 6.10 Å². The van der Waals surface area contributed by atoms with Crippen LogP contribution in [0.25, 0.3) is 6.08 Å². The lowest BCUT2D eigenvalue weighted by atomic mass is 10.1. The number of carboxylic acid groups (broad SMARTS) is 1. The smallest absolute Gasteiger partial charge is 0.336 e. The number of rotatable bonds is 3. The van der Waals surface area contributed by atoms with Crippen LogP contribution in [0.3, 0.4) is 0 Å². The average Bonchev–Trinajstić information content (AvgIpc) is 2.18. The van der Waals surface area contributed by atoms with Crippen molar-refractivity contribution in [3.05, 3.63) is 41.5 Å². The van der Waals surface area contributed by atoms with Gasteiger partial charge in [-0.2, -0.15) is 0 Å². The second-order valence-corrected chi connectivity index (χ2v) is 3.04. The summed E-state index contributed by atoms with van der Waals surface area (Å²) in [5, 5.41) is 17.7. The molecule has 3 nitrogen and oxygen atoms in total. The van der Waals surface area contributed by atoms with Crippen molar-refractivity contribution in [2.45, 2.75) is 13.0 Å². The third kappa shape index (κ3) is 2.71. The molecule has 0 fully saturated rings. The van der Waals surface area contributed by atoms with Crippen molar-refractivity contribution >= 4 is 12.0 Å². The molecule has 0 aliphatic rings. The number of aliphatic hydroxyl groups is 1. The van der Waals surface area contributed by atoms with Gasteiger partial charge in [-0.3, -0.25) is 0 Å². The zero-order valence-electron chi connectivity index (χ0n) is 7.84. The fourth-order valence-corrected chi connectivity index (χ4v) is 1.09. The predicted molar refractivity (Wildman–Crippen MR) is 53.7 cm³/mol. The van der Waals surface area contributed by atoms with Crippen molar-refractivity contribution in [1.29, 1.82) is 0 Å². The Kier molecular flexibility index (Phi) is 3.42. The molecule has 0 aliphatic carbocycles. The summed E-state index contributed by atoms with van der Waals surface area (Å²) >= 11 is 0. The van der Waals surface area contributed by atoms with Crippen LogP contribution in [0.2, 0.25) is 0 Å². The third-order valence-corrected chi connectivity index (χ3v) is 1.86. The van der Waals surface area contributed by atoms with E-state index in [1.54, 1.807) is 13.0 Å². The van der Waals surface area contributed by atoms with E-state index < -0.39 is 12.1 Å². The highest BCUT2D eigenvalue weighted by molar-refractivity contribution is 5.77. The van der Waals surface area contributed by atoms with E-state index in [0.29, 0.717) is 5.57 Å². The first-order valence-electron chi connectivity index (χ1n) is 4.25. The Labute approximate surface area is 82.3 Å². The van der Waals surface area contributed by atoms with Gasteiger partial charge in [0.2, 0.25) is 0 Å². The largest absolute Gasteiger partial charge is 0.479 e. The second kappa shape index (κ2) is 4.58. The highest BCUT2D eigenvalue weighted by Gasteiger charge is 2.14. The molecule has 1 rings (SSSR count). The van der Waals surface area contributed by atoms with Gasteiger partial charge in [0, 0.05) is 0 Å². The summed E-state index contributed by atoms with van der Waals surface area (Å²) < 4.78 is 0. The van der Waals surface area contributed by atoms with Crippen molar-refractivity contribution in [1.82, 2.24) is 0 Å². The number of aliphatic hydroxyl groups excluding tert-OH is 1. The molecule has 2 N–H and O–H groups in total. The second-order valence-electron chi connectivity index (χ2n) is 3.04. The van der Waals surface area contributed by atoms with E-state index in [1.165, 1.54) is 0 Å². The lowest BCUT2D eigenvalue weighted by molar-refractivity contribution is -0.144. The molecular formula is C11H12O3. The Morgan fingerprint density at radius 3 is 2.43 bits per heavy atom. The maximum Gasteiger partial charge on any atom is 0.336 e. The first kappa shape index (κ1) is 10.5. The van der Waals surface area contributed by atoms with Gasteiger partial charge in [-0.25, -0.2) is 4.79 Å². The minimum absolute atomic E-state index is 0.420. The van der Waals surface area contributed by atoms with E-state index in [2.05, 4.69) is 0 Å². The average molecular weight is 192 g/mol. The lowest BCUT2D eigenvalue weighted by Gasteiger charge is -2.05. The number of hydrogen-bond acceptors (Lipinski definition) is 2. The van der Waals surface area contributed by atoms with E-state index >= 15 is 0 Å². The summed E-state index contributed by atoms with van der Waals surface area (Å²) in [5.74, 6) is -1.23. The van der Waals surface area contributed by atoms with Crippen LogP contribution >= 0.6 is 0 Å². The molecule has 0 saturated heterocycles. The molecule has 0 spiro atoms. The summed E-state index contributed by atoms with van der Waals surface area (Å²) in [6.45, 7) is 1.59. The van der Waals surface area contributed by atoms with Crippen molar-refractivity contribution in [3.8, 4) is 0 Å². The molecule has 0 radical (unpaired) electrons. The fourth-order valence-electron chi connectivity index (χ4n) is 1.09. The van der Waals surface area contributed by atoms with Gasteiger partial charge in [0.05, 0.1) is 0 Å². The SMILES string of the molecule is C/C(=C\c1ccccc1)C(O)C(=O)O. The van der Waals surface area contributed by atoms with E-state index in [1.807, 2.05) is 30.3 Å². The molecular weight excluding hydrogens is 180 g/mol. The van der Waals surface area contributed by atoms with Crippen molar-refractivity contribution < 1.29 is 15.0 Å². The quantitative estimate of drug-likeness (QED) is 0.763. The number of carbonyl (C=O) groups is 1. The van der Waals surface area contributed by atoms with Crippen LogP contribution < -0.4 is 0 Å². The highest BCUT2D eigenvalue weighted by Crippen LogP contribution is 2.09. The van der Waals surface area contributed by atoms with Crippen LogP contribution in [-0.4, -0.2) is 22.3 Å². The molecule has 0 heterocycles. The molecule has 1 atom stereocenters. The minimum Gasteiger partial charge on any atom is -0.479 e. The zero-order valence-corrected chi connectivity index (χ0v) is 7.84. The van der Waals surface area contributed by atoms with Crippen molar-refractivity contribution in [2.75, 3.05) is 0 Å². The van der Waals surface area contributed by atoms with Crippen molar-refractivity contribution in [2.24, 2.45) is 0 Å². The molecule has 14 heavy (non-hydrogen) atoms. The Morgan fingerprint density at radius 1 is 1.36 bits per heavy atom. The van der Waals surface area contributed by atoms with Crippen LogP contribution in [0.15, 0.2) is 35.9 Å². The van der Waals surface area contributed by atoms with Gasteiger partial charge in [0.25, 0.3) is 0 Å². The molecule has 1 aromatic rings. The Bertz CT molecular complexity index is 341. The van der Waals surface area contributed by atoms with Crippen molar-refractivity contribution in [3.63, 3.8) is 0 Å². The summed E-state index contributed by atoms with van der Waals surface area (Å²) in [6.07, 6.45) is 0.230. The monoisotopic (exact) mass is 192 g/mol. The van der Waals surface area contributed by atoms with Crippen LogP contribution in [0, 0.1) is 0 Å². The number of benzene rings is 1. The standard InChI is InChI=1S/C11H12O3/c1-8(10(12)11(13)14)7-9-5-3-2-4-6-9/h2-7,10,12H,1H3,(H,13,14)/b8-7+. The fraction of sp³-hybridized carbons (Fsp3) is 0.182. The number of aliphatic carboxylic acids is 1. The minimum atomic E-state index is -1.42. The Hall–Kier alpha value is -1.61. The molecule has 3 heteroatoms. The van der Waals surface area contributed by atoms with Gasteiger partial charge >= 0.3 is 5.97 Å². The molecule has 1 unspecified atom stereocenters. The first-order chi connectivity index (χ1) is 6.61. The Balaban J connectivity index is 2.84. The van der Waals surface area contributed by atoms with Crippen LogP contribution in [-0.2, 0) is 4.79 Å². The number of hydrogen-bond donors (Lipinski definition) is 2. The van der Waals surface area contributed by atoms with Gasteiger partial charge in [0.1, 0.15) is 0 Å². The normalized spacial score (nSPS) is 13.7. The van der Waals surface area contributed by atoms with E-state index in [4.69, 9.17) is 5.11 Å². The summed E-state index contributed by atoms with van der Waals surface area (Å²) in [5.41, 5.74) is 1.30. The Morgan fingerprint density at radius 2 is 1.93 bits per heavy atom. The van der Waals surface area contributed by atoms with Crippen LogP contribution in [0.4, 0.5) is 0 Å².